The number of hydrogen-bond acceptors (Lipinski definition) is 3. The molecule has 16 heavy (non-hydrogen) atoms. The van der Waals surface area contributed by atoms with Crippen LogP contribution in [-0.4, -0.2) is 24.2 Å². The third kappa shape index (κ3) is 2.20. The summed E-state index contributed by atoms with van der Waals surface area (Å²) >= 11 is 0. The second kappa shape index (κ2) is 4.85. The molecule has 0 aromatic heterocycles. The Balaban J connectivity index is 2.02. The number of fused-ring (bicyclic) bond motifs is 1. The fraction of sp³-hybridized carbons (Fsp3) is 0.538. The van der Waals surface area contributed by atoms with Crippen LogP contribution in [0.15, 0.2) is 18.2 Å². The van der Waals surface area contributed by atoms with E-state index in [9.17, 15) is 0 Å². The molecule has 2 N–H and O–H groups in total. The zero-order valence-electron chi connectivity index (χ0n) is 10.1. The van der Waals surface area contributed by atoms with Crippen molar-refractivity contribution in [2.45, 2.75) is 33.0 Å². The lowest BCUT2D eigenvalue weighted by Crippen LogP contribution is -2.32. The predicted molar refractivity (Wildman–Crippen MR) is 66.1 cm³/mol. The second-order valence-electron chi connectivity index (χ2n) is 4.40. The molecule has 0 spiro atoms. The normalized spacial score (nSPS) is 17.4. The van der Waals surface area contributed by atoms with Gasteiger partial charge in [-0.2, -0.15) is 0 Å². The van der Waals surface area contributed by atoms with Crippen LogP contribution >= 0.6 is 0 Å². The molecule has 0 saturated carbocycles. The lowest BCUT2D eigenvalue weighted by atomic mass is 10.1. The zero-order valence-corrected chi connectivity index (χ0v) is 10.1. The third-order valence-electron chi connectivity index (χ3n) is 3.23. The first-order valence-electron chi connectivity index (χ1n) is 5.90. The molecule has 1 unspecified atom stereocenters. The van der Waals surface area contributed by atoms with Crippen LogP contribution in [0.25, 0.3) is 0 Å². The molecular weight excluding hydrogens is 200 g/mol. The topological polar surface area (TPSA) is 38.5 Å². The first-order valence-corrected chi connectivity index (χ1v) is 5.90. The van der Waals surface area contributed by atoms with E-state index in [4.69, 9.17) is 10.5 Å². The van der Waals surface area contributed by atoms with Crippen LogP contribution in [0.3, 0.4) is 0 Å². The average molecular weight is 220 g/mol. The van der Waals surface area contributed by atoms with Gasteiger partial charge >= 0.3 is 0 Å². The minimum Gasteiger partial charge on any atom is -0.398 e. The maximum atomic E-state index is 5.98. The van der Waals surface area contributed by atoms with Gasteiger partial charge in [0.05, 0.1) is 6.61 Å². The van der Waals surface area contributed by atoms with Gasteiger partial charge in [-0.05, 0) is 31.0 Å². The number of hydrogen-bond donors (Lipinski definition) is 1. The standard InChI is InChI=1S/C13H20N2O/c1-3-16-9-10(2)15-7-11-5-4-6-13(14)12(11)8-15/h4-6,10H,3,7-9,14H2,1-2H3. The van der Waals surface area contributed by atoms with Crippen LogP contribution in [0, 0.1) is 0 Å². The highest BCUT2D eigenvalue weighted by Crippen LogP contribution is 2.28. The number of ether oxygens (including phenoxy) is 1. The fourth-order valence-corrected chi connectivity index (χ4v) is 2.18. The number of nitrogen functional groups attached to an aromatic ring is 1. The summed E-state index contributed by atoms with van der Waals surface area (Å²) in [5.74, 6) is 0. The molecule has 1 aliphatic rings. The zero-order chi connectivity index (χ0) is 11.5. The maximum Gasteiger partial charge on any atom is 0.0619 e. The first kappa shape index (κ1) is 11.4. The van der Waals surface area contributed by atoms with E-state index >= 15 is 0 Å². The van der Waals surface area contributed by atoms with Crippen molar-refractivity contribution in [1.29, 1.82) is 0 Å². The molecule has 2 rings (SSSR count). The van der Waals surface area contributed by atoms with Crippen LogP contribution in [0.1, 0.15) is 25.0 Å². The van der Waals surface area contributed by atoms with E-state index in [0.717, 1.165) is 32.0 Å². The summed E-state index contributed by atoms with van der Waals surface area (Å²) in [5, 5.41) is 0. The van der Waals surface area contributed by atoms with Gasteiger partial charge < -0.3 is 10.5 Å². The Morgan fingerprint density at radius 3 is 2.94 bits per heavy atom. The fourth-order valence-electron chi connectivity index (χ4n) is 2.18. The van der Waals surface area contributed by atoms with Gasteiger partial charge in [-0.3, -0.25) is 4.90 Å². The van der Waals surface area contributed by atoms with Gasteiger partial charge in [-0.15, -0.1) is 0 Å². The highest BCUT2D eigenvalue weighted by Gasteiger charge is 2.24. The van der Waals surface area contributed by atoms with E-state index in [1.807, 2.05) is 19.1 Å². The van der Waals surface area contributed by atoms with Crippen molar-refractivity contribution in [2.75, 3.05) is 18.9 Å². The van der Waals surface area contributed by atoms with Crippen molar-refractivity contribution in [1.82, 2.24) is 4.90 Å². The van der Waals surface area contributed by atoms with Crippen LogP contribution in [0.4, 0.5) is 5.69 Å². The molecule has 0 bridgehead atoms. The molecule has 1 heterocycles. The van der Waals surface area contributed by atoms with Gasteiger partial charge in [0.1, 0.15) is 0 Å². The molecule has 0 saturated heterocycles. The van der Waals surface area contributed by atoms with Crippen LogP contribution in [0.2, 0.25) is 0 Å². The lowest BCUT2D eigenvalue weighted by molar-refractivity contribution is 0.0721. The van der Waals surface area contributed by atoms with Crippen LogP contribution in [0.5, 0.6) is 0 Å². The minimum absolute atomic E-state index is 0.451. The van der Waals surface area contributed by atoms with E-state index in [0.29, 0.717) is 6.04 Å². The van der Waals surface area contributed by atoms with Crippen molar-refractivity contribution in [3.8, 4) is 0 Å². The number of nitrogens with zero attached hydrogens (tertiary/aromatic N) is 1. The van der Waals surface area contributed by atoms with E-state index in [1.165, 1.54) is 11.1 Å². The van der Waals surface area contributed by atoms with Gasteiger partial charge in [-0.25, -0.2) is 0 Å². The van der Waals surface area contributed by atoms with Gasteiger partial charge in [0.2, 0.25) is 0 Å². The van der Waals surface area contributed by atoms with Gasteiger partial charge in [0.15, 0.2) is 0 Å². The molecule has 1 atom stereocenters. The number of anilines is 1. The van der Waals surface area contributed by atoms with Gasteiger partial charge in [0, 0.05) is 31.4 Å². The summed E-state index contributed by atoms with van der Waals surface area (Å²) in [6, 6.07) is 6.63. The Morgan fingerprint density at radius 2 is 2.25 bits per heavy atom. The molecule has 0 radical (unpaired) electrons. The molecule has 1 aromatic carbocycles. The molecule has 3 heteroatoms. The summed E-state index contributed by atoms with van der Waals surface area (Å²) in [6.45, 7) is 7.77. The summed E-state index contributed by atoms with van der Waals surface area (Å²) in [6.07, 6.45) is 0. The van der Waals surface area contributed by atoms with Crippen LogP contribution < -0.4 is 5.73 Å². The SMILES string of the molecule is CCOCC(C)N1Cc2cccc(N)c2C1. The van der Waals surface area contributed by atoms with Gasteiger partial charge in [0.25, 0.3) is 0 Å². The molecule has 0 fully saturated rings. The van der Waals surface area contributed by atoms with Gasteiger partial charge in [-0.1, -0.05) is 12.1 Å². The highest BCUT2D eigenvalue weighted by atomic mass is 16.5. The summed E-state index contributed by atoms with van der Waals surface area (Å²) in [5.41, 5.74) is 9.56. The van der Waals surface area contributed by atoms with E-state index in [1.54, 1.807) is 0 Å². The van der Waals surface area contributed by atoms with E-state index in [-0.39, 0.29) is 0 Å². The first-order chi connectivity index (χ1) is 7.72. The average Bonchev–Trinajstić information content (AvgIpc) is 2.71. The molecule has 1 aromatic rings. The maximum absolute atomic E-state index is 5.98. The molecular formula is C13H20N2O. The third-order valence-corrected chi connectivity index (χ3v) is 3.23. The Hall–Kier alpha value is -1.06. The molecule has 0 amide bonds. The number of nitrogens with two attached hydrogens (primary N) is 1. The Bertz CT molecular complexity index is 365. The summed E-state index contributed by atoms with van der Waals surface area (Å²) in [7, 11) is 0. The second-order valence-corrected chi connectivity index (χ2v) is 4.40. The number of benzene rings is 1. The predicted octanol–water partition coefficient (Wildman–Crippen LogP) is 2.01. The summed E-state index contributed by atoms with van der Waals surface area (Å²) < 4.78 is 5.46. The number of rotatable bonds is 4. The van der Waals surface area contributed by atoms with Crippen LogP contribution in [-0.2, 0) is 17.8 Å². The van der Waals surface area contributed by atoms with E-state index < -0.39 is 0 Å². The molecule has 3 nitrogen and oxygen atoms in total. The Kier molecular flexibility index (Phi) is 3.46. The van der Waals surface area contributed by atoms with Crippen molar-refractivity contribution in [3.63, 3.8) is 0 Å². The van der Waals surface area contributed by atoms with Crippen molar-refractivity contribution in [2.24, 2.45) is 0 Å². The Labute approximate surface area is 97.2 Å². The smallest absolute Gasteiger partial charge is 0.0619 e. The monoisotopic (exact) mass is 220 g/mol. The minimum atomic E-state index is 0.451. The largest absolute Gasteiger partial charge is 0.398 e. The highest BCUT2D eigenvalue weighted by molar-refractivity contribution is 5.52. The molecule has 0 aliphatic carbocycles. The van der Waals surface area contributed by atoms with E-state index in [2.05, 4.69) is 17.9 Å². The molecule has 88 valence electrons. The summed E-state index contributed by atoms with van der Waals surface area (Å²) in [4.78, 5) is 2.41. The lowest BCUT2D eigenvalue weighted by Gasteiger charge is -2.23. The molecule has 1 aliphatic heterocycles. The Morgan fingerprint density at radius 1 is 1.44 bits per heavy atom. The quantitative estimate of drug-likeness (QED) is 0.789. The van der Waals surface area contributed by atoms with Crippen molar-refractivity contribution in [3.05, 3.63) is 29.3 Å². The van der Waals surface area contributed by atoms with Crippen molar-refractivity contribution >= 4 is 5.69 Å². The van der Waals surface area contributed by atoms with Crippen molar-refractivity contribution < 1.29 is 4.74 Å².